The molecule has 4 nitrogen and oxygen atoms in total. The molecular formula is C9H23NO3. The van der Waals surface area contributed by atoms with E-state index in [-0.39, 0.29) is 18.7 Å². The molecule has 0 radical (unpaired) electrons. The first-order chi connectivity index (χ1) is 5.72. The number of rotatable bonds is 7. The quantitative estimate of drug-likeness (QED) is 0.579. The fraction of sp³-hybridized carbons (Fsp3) is 1.00. The Kier molecular flexibility index (Phi) is 11.7. The van der Waals surface area contributed by atoms with Crippen molar-refractivity contribution < 1.29 is 15.7 Å². The van der Waals surface area contributed by atoms with Gasteiger partial charge in [0, 0.05) is 32.3 Å². The van der Waals surface area contributed by atoms with E-state index >= 15 is 0 Å². The third kappa shape index (κ3) is 8.18. The van der Waals surface area contributed by atoms with Crippen molar-refractivity contribution in [1.82, 2.24) is 4.90 Å². The number of aliphatic hydroxyl groups is 2. The van der Waals surface area contributed by atoms with Crippen LogP contribution in [0.15, 0.2) is 0 Å². The predicted octanol–water partition coefficient (Wildman–Crippen LogP) is -0.363. The summed E-state index contributed by atoms with van der Waals surface area (Å²) in [5, 5.41) is 17.3. The van der Waals surface area contributed by atoms with Crippen LogP contribution in [0.25, 0.3) is 0 Å². The van der Waals surface area contributed by atoms with E-state index in [1.54, 1.807) is 0 Å². The minimum Gasteiger partial charge on any atom is -0.412 e. The Balaban J connectivity index is 0. The summed E-state index contributed by atoms with van der Waals surface area (Å²) in [6.07, 6.45) is 1.65. The van der Waals surface area contributed by atoms with Crippen LogP contribution in [0.2, 0.25) is 0 Å². The van der Waals surface area contributed by atoms with Crippen LogP contribution in [0.3, 0.4) is 0 Å². The van der Waals surface area contributed by atoms with Crippen molar-refractivity contribution in [2.24, 2.45) is 0 Å². The molecule has 0 bridgehead atoms. The monoisotopic (exact) mass is 193 g/mol. The molecule has 0 heterocycles. The maximum atomic E-state index is 8.65. The molecule has 0 aliphatic carbocycles. The summed E-state index contributed by atoms with van der Waals surface area (Å²) in [5.74, 6) is 0. The summed E-state index contributed by atoms with van der Waals surface area (Å²) < 4.78 is 0. The van der Waals surface area contributed by atoms with E-state index < -0.39 is 0 Å². The summed E-state index contributed by atoms with van der Waals surface area (Å²) in [7, 11) is 0. The Hall–Kier alpha value is -0.160. The van der Waals surface area contributed by atoms with Gasteiger partial charge in [0.05, 0.1) is 0 Å². The molecule has 0 aromatic carbocycles. The fourth-order valence-electron chi connectivity index (χ4n) is 1.18. The van der Waals surface area contributed by atoms with Gasteiger partial charge in [-0.05, 0) is 26.7 Å². The molecule has 0 amide bonds. The number of hydrogen-bond acceptors (Lipinski definition) is 3. The molecule has 0 aliphatic rings. The second kappa shape index (κ2) is 9.92. The van der Waals surface area contributed by atoms with Crippen molar-refractivity contribution in [3.8, 4) is 0 Å². The molecular weight excluding hydrogens is 170 g/mol. The maximum absolute atomic E-state index is 8.65. The van der Waals surface area contributed by atoms with Gasteiger partial charge < -0.3 is 20.6 Å². The van der Waals surface area contributed by atoms with Crippen LogP contribution in [-0.4, -0.2) is 52.9 Å². The average molecular weight is 193 g/mol. The smallest absolute Gasteiger partial charge is 0.0443 e. The zero-order chi connectivity index (χ0) is 9.40. The summed E-state index contributed by atoms with van der Waals surface area (Å²) in [5.41, 5.74) is 0. The highest BCUT2D eigenvalue weighted by Crippen LogP contribution is 2.00. The van der Waals surface area contributed by atoms with Crippen LogP contribution in [0.1, 0.15) is 26.7 Å². The Morgan fingerprint density at radius 1 is 1.00 bits per heavy atom. The predicted molar refractivity (Wildman–Crippen MR) is 53.7 cm³/mol. The Bertz CT molecular complexity index is 90.9. The summed E-state index contributed by atoms with van der Waals surface area (Å²) in [6.45, 7) is 6.62. The highest BCUT2D eigenvalue weighted by molar-refractivity contribution is 4.62. The van der Waals surface area contributed by atoms with Crippen molar-refractivity contribution in [1.29, 1.82) is 0 Å². The lowest BCUT2D eigenvalue weighted by atomic mass is 10.2. The lowest BCUT2D eigenvalue weighted by Crippen LogP contribution is -2.33. The molecule has 82 valence electrons. The normalized spacial score (nSPS) is 10.6. The molecule has 0 spiro atoms. The second-order valence-electron chi connectivity index (χ2n) is 3.28. The summed E-state index contributed by atoms with van der Waals surface area (Å²) >= 11 is 0. The highest BCUT2D eigenvalue weighted by atomic mass is 16.3. The number of hydrogen-bond donors (Lipinski definition) is 2. The summed E-state index contributed by atoms with van der Waals surface area (Å²) in [6, 6.07) is 0.503. The molecule has 0 atom stereocenters. The third-order valence-corrected chi connectivity index (χ3v) is 1.94. The van der Waals surface area contributed by atoms with E-state index in [2.05, 4.69) is 18.7 Å². The van der Waals surface area contributed by atoms with Crippen LogP contribution >= 0.6 is 0 Å². The molecule has 0 saturated carbocycles. The van der Waals surface area contributed by atoms with Gasteiger partial charge in [0.25, 0.3) is 0 Å². The van der Waals surface area contributed by atoms with Gasteiger partial charge in [-0.2, -0.15) is 0 Å². The molecule has 0 saturated heterocycles. The van der Waals surface area contributed by atoms with Crippen LogP contribution in [0.5, 0.6) is 0 Å². The van der Waals surface area contributed by atoms with Crippen molar-refractivity contribution in [3.63, 3.8) is 0 Å². The maximum Gasteiger partial charge on any atom is 0.0443 e. The van der Waals surface area contributed by atoms with Crippen LogP contribution in [0.4, 0.5) is 0 Å². The van der Waals surface area contributed by atoms with E-state index in [1.165, 1.54) is 0 Å². The zero-order valence-electron chi connectivity index (χ0n) is 8.66. The largest absolute Gasteiger partial charge is 0.412 e. The Morgan fingerprint density at radius 2 is 1.38 bits per heavy atom. The van der Waals surface area contributed by atoms with E-state index in [4.69, 9.17) is 10.2 Å². The molecule has 0 aliphatic heterocycles. The first-order valence-electron chi connectivity index (χ1n) is 4.68. The first-order valence-corrected chi connectivity index (χ1v) is 4.68. The number of nitrogens with zero attached hydrogens (tertiary/aromatic N) is 1. The second-order valence-corrected chi connectivity index (χ2v) is 3.28. The van der Waals surface area contributed by atoms with Gasteiger partial charge in [0.1, 0.15) is 0 Å². The molecule has 0 fully saturated rings. The minimum atomic E-state index is 0. The van der Waals surface area contributed by atoms with Gasteiger partial charge >= 0.3 is 0 Å². The van der Waals surface area contributed by atoms with Gasteiger partial charge in [0.2, 0.25) is 0 Å². The van der Waals surface area contributed by atoms with Gasteiger partial charge in [-0.15, -0.1) is 0 Å². The Morgan fingerprint density at radius 3 is 1.62 bits per heavy atom. The zero-order valence-corrected chi connectivity index (χ0v) is 8.66. The van der Waals surface area contributed by atoms with Crippen LogP contribution in [-0.2, 0) is 0 Å². The lowest BCUT2D eigenvalue weighted by molar-refractivity contribution is 0.173. The molecule has 4 heteroatoms. The van der Waals surface area contributed by atoms with Crippen LogP contribution in [0, 0.1) is 0 Å². The standard InChI is InChI=1S/C9H21NO2.H2O/c1-9(2)10(5-3-7-11)6-4-8-12;/h9,11-12H,3-8H2,1-2H3;1H2. The molecule has 4 N–H and O–H groups in total. The van der Waals surface area contributed by atoms with Gasteiger partial charge in [-0.25, -0.2) is 0 Å². The van der Waals surface area contributed by atoms with Gasteiger partial charge in [-0.3, -0.25) is 0 Å². The van der Waals surface area contributed by atoms with Gasteiger partial charge in [0.15, 0.2) is 0 Å². The van der Waals surface area contributed by atoms with Gasteiger partial charge in [-0.1, -0.05) is 0 Å². The van der Waals surface area contributed by atoms with E-state index in [9.17, 15) is 0 Å². The SMILES string of the molecule is CC(C)N(CCCO)CCCO.O. The lowest BCUT2D eigenvalue weighted by Gasteiger charge is -2.25. The van der Waals surface area contributed by atoms with E-state index in [1.807, 2.05) is 0 Å². The van der Waals surface area contributed by atoms with E-state index in [0.29, 0.717) is 6.04 Å². The van der Waals surface area contributed by atoms with Crippen molar-refractivity contribution in [2.75, 3.05) is 26.3 Å². The topological polar surface area (TPSA) is 75.2 Å². The molecule has 0 aromatic rings. The average Bonchev–Trinajstić information content (AvgIpc) is 2.04. The fourth-order valence-corrected chi connectivity index (χ4v) is 1.18. The minimum absolute atomic E-state index is 0. The first kappa shape index (κ1) is 15.3. The molecule has 13 heavy (non-hydrogen) atoms. The van der Waals surface area contributed by atoms with Crippen molar-refractivity contribution in [2.45, 2.75) is 32.7 Å². The third-order valence-electron chi connectivity index (χ3n) is 1.94. The molecule has 0 rings (SSSR count). The van der Waals surface area contributed by atoms with Crippen molar-refractivity contribution >= 4 is 0 Å². The summed E-state index contributed by atoms with van der Waals surface area (Å²) in [4.78, 5) is 2.27. The van der Waals surface area contributed by atoms with Crippen LogP contribution < -0.4 is 0 Å². The number of aliphatic hydroxyl groups excluding tert-OH is 2. The van der Waals surface area contributed by atoms with E-state index in [0.717, 1.165) is 25.9 Å². The Labute approximate surface area is 80.5 Å². The molecule has 0 aromatic heterocycles. The highest BCUT2D eigenvalue weighted by Gasteiger charge is 2.07. The molecule has 0 unspecified atom stereocenters. The van der Waals surface area contributed by atoms with Crippen molar-refractivity contribution in [3.05, 3.63) is 0 Å².